The van der Waals surface area contributed by atoms with Crippen molar-refractivity contribution in [3.63, 3.8) is 0 Å². The van der Waals surface area contributed by atoms with Crippen LogP contribution in [0.4, 0.5) is 5.82 Å². The molecular weight excluding hydrogens is 238 g/mol. The van der Waals surface area contributed by atoms with Crippen LogP contribution in [0.1, 0.15) is 11.8 Å². The van der Waals surface area contributed by atoms with Crippen molar-refractivity contribution in [3.8, 4) is 0 Å². The molecule has 0 aliphatic carbocycles. The van der Waals surface area contributed by atoms with Crippen molar-refractivity contribution >= 4 is 33.3 Å². The lowest BCUT2D eigenvalue weighted by Crippen LogP contribution is -2.36. The Kier molecular flexibility index (Phi) is 2.97. The van der Waals surface area contributed by atoms with E-state index in [0.717, 1.165) is 15.1 Å². The molecule has 0 aromatic carbocycles. The van der Waals surface area contributed by atoms with Crippen molar-refractivity contribution in [1.82, 2.24) is 9.97 Å². The van der Waals surface area contributed by atoms with E-state index >= 15 is 0 Å². The van der Waals surface area contributed by atoms with Gasteiger partial charge in [0.1, 0.15) is 23.0 Å². The summed E-state index contributed by atoms with van der Waals surface area (Å²) >= 11 is 1.58. The van der Waals surface area contributed by atoms with Crippen LogP contribution in [0.2, 0.25) is 0 Å². The SMILES string of the molecule is Cc1cc2c(N(C)C(C)C(=O)O)ncnc2s1. The van der Waals surface area contributed by atoms with Gasteiger partial charge in [-0.3, -0.25) is 0 Å². The molecule has 6 heteroatoms. The molecule has 2 rings (SSSR count). The van der Waals surface area contributed by atoms with Gasteiger partial charge < -0.3 is 10.0 Å². The number of hydrogen-bond donors (Lipinski definition) is 1. The highest BCUT2D eigenvalue weighted by atomic mass is 32.1. The number of carboxylic acids is 1. The van der Waals surface area contributed by atoms with Crippen LogP contribution in [0, 0.1) is 6.92 Å². The van der Waals surface area contributed by atoms with E-state index in [1.807, 2.05) is 13.0 Å². The molecule has 0 fully saturated rings. The lowest BCUT2D eigenvalue weighted by molar-refractivity contribution is -0.138. The van der Waals surface area contributed by atoms with Crippen LogP contribution in [0.3, 0.4) is 0 Å². The fraction of sp³-hybridized carbons (Fsp3) is 0.364. The van der Waals surface area contributed by atoms with Gasteiger partial charge in [-0.15, -0.1) is 11.3 Å². The summed E-state index contributed by atoms with van der Waals surface area (Å²) in [6, 6.07) is 1.37. The zero-order valence-corrected chi connectivity index (χ0v) is 10.7. The third-order valence-corrected chi connectivity index (χ3v) is 3.66. The fourth-order valence-electron chi connectivity index (χ4n) is 1.59. The molecule has 5 nitrogen and oxygen atoms in total. The summed E-state index contributed by atoms with van der Waals surface area (Å²) in [6.45, 7) is 3.63. The number of nitrogens with zero attached hydrogens (tertiary/aromatic N) is 3. The van der Waals surface area contributed by atoms with E-state index in [1.165, 1.54) is 6.33 Å². The van der Waals surface area contributed by atoms with Crippen LogP contribution < -0.4 is 4.90 Å². The van der Waals surface area contributed by atoms with E-state index in [4.69, 9.17) is 5.11 Å². The lowest BCUT2D eigenvalue weighted by Gasteiger charge is -2.22. The molecule has 0 aliphatic rings. The molecule has 0 aliphatic heterocycles. The number of aryl methyl sites for hydroxylation is 1. The molecule has 90 valence electrons. The van der Waals surface area contributed by atoms with Gasteiger partial charge in [-0.2, -0.15) is 0 Å². The summed E-state index contributed by atoms with van der Waals surface area (Å²) < 4.78 is 0. The van der Waals surface area contributed by atoms with E-state index in [9.17, 15) is 4.79 Å². The maximum Gasteiger partial charge on any atom is 0.326 e. The molecule has 0 spiro atoms. The van der Waals surface area contributed by atoms with Crippen LogP contribution in [-0.4, -0.2) is 34.1 Å². The Morgan fingerprint density at radius 3 is 2.88 bits per heavy atom. The monoisotopic (exact) mass is 251 g/mol. The molecular formula is C11H13N3O2S. The molecule has 0 bridgehead atoms. The molecule has 1 N–H and O–H groups in total. The lowest BCUT2D eigenvalue weighted by atomic mass is 10.2. The summed E-state index contributed by atoms with van der Waals surface area (Å²) in [5.74, 6) is -0.208. The average molecular weight is 251 g/mol. The molecule has 1 unspecified atom stereocenters. The topological polar surface area (TPSA) is 66.3 Å². The minimum absolute atomic E-state index is 0.617. The number of anilines is 1. The smallest absolute Gasteiger partial charge is 0.326 e. The van der Waals surface area contributed by atoms with Gasteiger partial charge in [-0.25, -0.2) is 14.8 Å². The molecule has 0 radical (unpaired) electrons. The van der Waals surface area contributed by atoms with Crippen molar-refractivity contribution in [1.29, 1.82) is 0 Å². The standard InChI is InChI=1S/C11H13N3O2S/c1-6-4-8-9(12-5-13-10(8)17-6)14(3)7(2)11(15)16/h4-5,7H,1-3H3,(H,15,16). The maximum absolute atomic E-state index is 11.0. The first kappa shape index (κ1) is 11.8. The quantitative estimate of drug-likeness (QED) is 0.902. The predicted molar refractivity (Wildman–Crippen MR) is 67.7 cm³/mol. The molecule has 0 saturated heterocycles. The van der Waals surface area contributed by atoms with E-state index in [-0.39, 0.29) is 0 Å². The normalized spacial score (nSPS) is 12.6. The minimum Gasteiger partial charge on any atom is -0.480 e. The first-order chi connectivity index (χ1) is 8.00. The second-order valence-corrected chi connectivity index (χ2v) is 5.13. The predicted octanol–water partition coefficient (Wildman–Crippen LogP) is 1.91. The first-order valence-corrected chi connectivity index (χ1v) is 5.99. The van der Waals surface area contributed by atoms with Gasteiger partial charge in [-0.1, -0.05) is 0 Å². The Morgan fingerprint density at radius 1 is 1.53 bits per heavy atom. The minimum atomic E-state index is -0.869. The molecule has 2 aromatic rings. The molecule has 0 saturated carbocycles. The number of hydrogen-bond acceptors (Lipinski definition) is 5. The number of aromatic nitrogens is 2. The molecule has 2 heterocycles. The van der Waals surface area contributed by atoms with Crippen LogP contribution >= 0.6 is 11.3 Å². The maximum atomic E-state index is 11.0. The molecule has 17 heavy (non-hydrogen) atoms. The summed E-state index contributed by atoms with van der Waals surface area (Å²) in [4.78, 5) is 23.0. The Morgan fingerprint density at radius 2 is 2.24 bits per heavy atom. The zero-order chi connectivity index (χ0) is 12.6. The number of carboxylic acid groups (broad SMARTS) is 1. The van der Waals surface area contributed by atoms with Gasteiger partial charge >= 0.3 is 5.97 Å². The van der Waals surface area contributed by atoms with Gasteiger partial charge in [0.25, 0.3) is 0 Å². The Labute approximate surface area is 103 Å². The Bertz CT molecular complexity index is 567. The van der Waals surface area contributed by atoms with E-state index in [0.29, 0.717) is 5.82 Å². The van der Waals surface area contributed by atoms with Gasteiger partial charge in [0.05, 0.1) is 5.39 Å². The van der Waals surface area contributed by atoms with E-state index in [2.05, 4.69) is 9.97 Å². The summed E-state index contributed by atoms with van der Waals surface area (Å²) in [5.41, 5.74) is 0. The number of carbonyl (C=O) groups is 1. The fourth-order valence-corrected chi connectivity index (χ4v) is 2.44. The van der Waals surface area contributed by atoms with Crippen molar-refractivity contribution in [3.05, 3.63) is 17.3 Å². The molecule has 0 amide bonds. The van der Waals surface area contributed by atoms with E-state index < -0.39 is 12.0 Å². The third kappa shape index (κ3) is 2.08. The zero-order valence-electron chi connectivity index (χ0n) is 9.84. The third-order valence-electron chi connectivity index (χ3n) is 2.70. The number of rotatable bonds is 3. The second kappa shape index (κ2) is 4.29. The van der Waals surface area contributed by atoms with Crippen LogP contribution in [0.5, 0.6) is 0 Å². The number of likely N-dealkylation sites (N-methyl/N-ethyl adjacent to an activating group) is 1. The van der Waals surface area contributed by atoms with Crippen LogP contribution in [-0.2, 0) is 4.79 Å². The van der Waals surface area contributed by atoms with Gasteiger partial charge in [0, 0.05) is 11.9 Å². The summed E-state index contributed by atoms with van der Waals surface area (Å²) in [7, 11) is 1.73. The number of thiophene rings is 1. The highest BCUT2D eigenvalue weighted by Gasteiger charge is 2.20. The van der Waals surface area contributed by atoms with Crippen molar-refractivity contribution in [2.24, 2.45) is 0 Å². The van der Waals surface area contributed by atoms with Gasteiger partial charge in [0.2, 0.25) is 0 Å². The number of aliphatic carboxylic acids is 1. The Balaban J connectivity index is 2.51. The largest absolute Gasteiger partial charge is 0.480 e. The van der Waals surface area contributed by atoms with Crippen molar-refractivity contribution in [2.75, 3.05) is 11.9 Å². The van der Waals surface area contributed by atoms with E-state index in [1.54, 1.807) is 30.2 Å². The average Bonchev–Trinajstić information content (AvgIpc) is 2.66. The number of fused-ring (bicyclic) bond motifs is 1. The highest BCUT2D eigenvalue weighted by Crippen LogP contribution is 2.29. The van der Waals surface area contributed by atoms with Gasteiger partial charge in [-0.05, 0) is 19.9 Å². The summed E-state index contributed by atoms with van der Waals surface area (Å²) in [6.07, 6.45) is 1.47. The van der Waals surface area contributed by atoms with Gasteiger partial charge in [0.15, 0.2) is 0 Å². The van der Waals surface area contributed by atoms with Crippen LogP contribution in [0.25, 0.3) is 10.2 Å². The molecule has 1 atom stereocenters. The highest BCUT2D eigenvalue weighted by molar-refractivity contribution is 7.18. The Hall–Kier alpha value is -1.69. The second-order valence-electron chi connectivity index (χ2n) is 3.90. The van der Waals surface area contributed by atoms with Crippen molar-refractivity contribution in [2.45, 2.75) is 19.9 Å². The summed E-state index contributed by atoms with van der Waals surface area (Å²) in [5, 5.41) is 9.92. The molecule has 2 aromatic heterocycles. The first-order valence-electron chi connectivity index (χ1n) is 5.17. The van der Waals surface area contributed by atoms with Crippen molar-refractivity contribution < 1.29 is 9.90 Å². The van der Waals surface area contributed by atoms with Crippen LogP contribution in [0.15, 0.2) is 12.4 Å².